The zero-order chi connectivity index (χ0) is 23.2. The Kier molecular flexibility index (Phi) is 8.14. The van der Waals surface area contributed by atoms with Gasteiger partial charge in [-0.05, 0) is 45.3 Å². The van der Waals surface area contributed by atoms with Crippen LogP contribution in [0.3, 0.4) is 0 Å². The van der Waals surface area contributed by atoms with Crippen LogP contribution in [0.1, 0.15) is 32.0 Å². The molecule has 3 aromatic rings. The molecule has 0 bridgehead atoms. The van der Waals surface area contributed by atoms with Crippen LogP contribution in [-0.4, -0.2) is 53.6 Å². The first kappa shape index (κ1) is 23.9. The highest BCUT2D eigenvalue weighted by molar-refractivity contribution is 7.17. The molecule has 0 saturated carbocycles. The lowest BCUT2D eigenvalue weighted by molar-refractivity contribution is -0.126. The van der Waals surface area contributed by atoms with Crippen molar-refractivity contribution in [2.75, 3.05) is 32.8 Å². The second-order valence-electron chi connectivity index (χ2n) is 8.21. The highest BCUT2D eigenvalue weighted by atomic mass is 35.5. The number of hydrogen-bond acceptors (Lipinski definition) is 6. The van der Waals surface area contributed by atoms with E-state index in [1.54, 1.807) is 0 Å². The van der Waals surface area contributed by atoms with Crippen molar-refractivity contribution < 1.29 is 9.53 Å². The Balaban J connectivity index is 1.35. The molecule has 1 saturated heterocycles. The van der Waals surface area contributed by atoms with Crippen molar-refractivity contribution in [3.05, 3.63) is 50.8 Å². The molecule has 2 aromatic heterocycles. The lowest BCUT2D eigenvalue weighted by Gasteiger charge is -2.30. The van der Waals surface area contributed by atoms with Crippen LogP contribution in [0, 0.1) is 5.92 Å². The zero-order valence-electron chi connectivity index (χ0n) is 18.7. The highest BCUT2D eigenvalue weighted by Crippen LogP contribution is 2.34. The Labute approximate surface area is 202 Å². The fraction of sp³-hybridized carbons (Fsp3) is 0.458. The summed E-state index contributed by atoms with van der Waals surface area (Å²) < 4.78 is 5.30. The number of benzene rings is 1. The number of aromatic nitrogens is 2. The fourth-order valence-electron chi connectivity index (χ4n) is 4.19. The Morgan fingerprint density at radius 3 is 2.85 bits per heavy atom. The second-order valence-corrected chi connectivity index (χ2v) is 9.48. The van der Waals surface area contributed by atoms with Gasteiger partial charge in [-0.25, -0.2) is 4.98 Å². The summed E-state index contributed by atoms with van der Waals surface area (Å²) in [5, 5.41) is 6.15. The summed E-state index contributed by atoms with van der Waals surface area (Å²) in [5.74, 6) is 0.821. The van der Waals surface area contributed by atoms with Gasteiger partial charge >= 0.3 is 0 Å². The van der Waals surface area contributed by atoms with Gasteiger partial charge in [0, 0.05) is 47.2 Å². The van der Waals surface area contributed by atoms with Crippen molar-refractivity contribution in [1.29, 1.82) is 0 Å². The molecule has 1 amide bonds. The molecule has 4 rings (SSSR count). The normalized spacial score (nSPS) is 15.2. The van der Waals surface area contributed by atoms with E-state index in [0.29, 0.717) is 47.4 Å². The molecule has 0 aliphatic carbocycles. The van der Waals surface area contributed by atoms with E-state index in [4.69, 9.17) is 21.3 Å². The number of hydrogen-bond donors (Lipinski definition) is 2. The molecule has 0 radical (unpaired) electrons. The first-order valence-electron chi connectivity index (χ1n) is 11.4. The van der Waals surface area contributed by atoms with Crippen LogP contribution in [0.5, 0.6) is 0 Å². The number of carbonyl (C=O) groups is 1. The summed E-state index contributed by atoms with van der Waals surface area (Å²) in [5.41, 5.74) is 1.50. The van der Waals surface area contributed by atoms with E-state index in [1.807, 2.05) is 36.6 Å². The Morgan fingerprint density at radius 1 is 1.30 bits per heavy atom. The van der Waals surface area contributed by atoms with Crippen LogP contribution in [0.15, 0.2) is 34.4 Å². The van der Waals surface area contributed by atoms with Crippen molar-refractivity contribution in [1.82, 2.24) is 20.2 Å². The van der Waals surface area contributed by atoms with Crippen molar-refractivity contribution in [3.8, 4) is 11.1 Å². The van der Waals surface area contributed by atoms with Gasteiger partial charge in [-0.2, -0.15) is 0 Å². The van der Waals surface area contributed by atoms with E-state index >= 15 is 0 Å². The SMILES string of the molecule is CCOCCCNC(=O)C1CCN(Cc2nc3scc(-c4ccccc4Cl)c3c(=O)[nH]2)CC1. The summed E-state index contributed by atoms with van der Waals surface area (Å²) in [6.07, 6.45) is 2.44. The molecular weight excluding hydrogens is 460 g/mol. The third-order valence-corrected chi connectivity index (χ3v) is 7.16. The van der Waals surface area contributed by atoms with Crippen LogP contribution in [0.25, 0.3) is 21.3 Å². The predicted molar refractivity (Wildman–Crippen MR) is 133 cm³/mol. The third kappa shape index (κ3) is 5.81. The molecule has 0 atom stereocenters. The number of ether oxygens (including phenoxy) is 1. The number of amides is 1. The molecule has 0 spiro atoms. The van der Waals surface area contributed by atoms with E-state index in [2.05, 4.69) is 15.2 Å². The zero-order valence-corrected chi connectivity index (χ0v) is 20.3. The van der Waals surface area contributed by atoms with Gasteiger partial charge in [-0.1, -0.05) is 29.8 Å². The monoisotopic (exact) mass is 488 g/mol. The van der Waals surface area contributed by atoms with Crippen molar-refractivity contribution in [2.24, 2.45) is 5.92 Å². The van der Waals surface area contributed by atoms with Gasteiger partial charge in [-0.3, -0.25) is 14.5 Å². The molecule has 1 aliphatic heterocycles. The molecule has 9 heteroatoms. The van der Waals surface area contributed by atoms with Crippen LogP contribution in [-0.2, 0) is 16.1 Å². The maximum Gasteiger partial charge on any atom is 0.260 e. The summed E-state index contributed by atoms with van der Waals surface area (Å²) in [7, 11) is 0. The van der Waals surface area contributed by atoms with Crippen molar-refractivity contribution in [2.45, 2.75) is 32.7 Å². The average Bonchev–Trinajstić information content (AvgIpc) is 3.24. The van der Waals surface area contributed by atoms with Crippen LogP contribution >= 0.6 is 22.9 Å². The van der Waals surface area contributed by atoms with Crippen molar-refractivity contribution in [3.63, 3.8) is 0 Å². The lowest BCUT2D eigenvalue weighted by Crippen LogP contribution is -2.41. The Hall–Kier alpha value is -2.26. The molecule has 1 fully saturated rings. The lowest BCUT2D eigenvalue weighted by atomic mass is 9.96. The standard InChI is InChI=1S/C24H29ClN4O3S/c1-2-32-13-5-10-26-22(30)16-8-11-29(12-9-16)14-20-27-23(31)21-18(15-33-24(21)28-20)17-6-3-4-7-19(17)25/h3-4,6-7,15-16H,2,5,8-14H2,1H3,(H,26,30)(H,27,28,31). The fourth-order valence-corrected chi connectivity index (χ4v) is 5.38. The molecule has 3 heterocycles. The minimum Gasteiger partial charge on any atom is -0.382 e. The minimum absolute atomic E-state index is 0.0401. The van der Waals surface area contributed by atoms with E-state index in [-0.39, 0.29) is 17.4 Å². The number of piperidine rings is 1. The van der Waals surface area contributed by atoms with Crippen LogP contribution in [0.2, 0.25) is 5.02 Å². The summed E-state index contributed by atoms with van der Waals surface area (Å²) >= 11 is 7.80. The first-order chi connectivity index (χ1) is 16.1. The van der Waals surface area contributed by atoms with E-state index in [9.17, 15) is 9.59 Å². The summed E-state index contributed by atoms with van der Waals surface area (Å²) in [4.78, 5) is 35.9. The Morgan fingerprint density at radius 2 is 2.09 bits per heavy atom. The largest absolute Gasteiger partial charge is 0.382 e. The number of fused-ring (bicyclic) bond motifs is 1. The van der Waals surface area contributed by atoms with Gasteiger partial charge in [0.1, 0.15) is 10.7 Å². The Bertz CT molecular complexity index is 1150. The minimum atomic E-state index is -0.146. The van der Waals surface area contributed by atoms with Crippen LogP contribution in [0.4, 0.5) is 0 Å². The summed E-state index contributed by atoms with van der Waals surface area (Å²) in [6.45, 7) is 6.16. The quantitative estimate of drug-likeness (QED) is 0.443. The molecule has 7 nitrogen and oxygen atoms in total. The van der Waals surface area contributed by atoms with E-state index in [0.717, 1.165) is 43.5 Å². The molecule has 33 heavy (non-hydrogen) atoms. The number of H-pyrrole nitrogens is 1. The summed E-state index contributed by atoms with van der Waals surface area (Å²) in [6, 6.07) is 7.51. The molecule has 176 valence electrons. The predicted octanol–water partition coefficient (Wildman–Crippen LogP) is 4.06. The van der Waals surface area contributed by atoms with Gasteiger partial charge in [-0.15, -0.1) is 11.3 Å². The average molecular weight is 489 g/mol. The van der Waals surface area contributed by atoms with Gasteiger partial charge < -0.3 is 15.0 Å². The number of rotatable bonds is 9. The number of aromatic amines is 1. The molecular formula is C24H29ClN4O3S. The maximum absolute atomic E-state index is 12.9. The maximum atomic E-state index is 12.9. The van der Waals surface area contributed by atoms with Crippen molar-refractivity contribution >= 4 is 39.1 Å². The van der Waals surface area contributed by atoms with Gasteiger partial charge in [0.05, 0.1) is 11.9 Å². The van der Waals surface area contributed by atoms with Gasteiger partial charge in [0.2, 0.25) is 5.91 Å². The van der Waals surface area contributed by atoms with Gasteiger partial charge in [0.25, 0.3) is 5.56 Å². The van der Waals surface area contributed by atoms with E-state index in [1.165, 1.54) is 11.3 Å². The highest BCUT2D eigenvalue weighted by Gasteiger charge is 2.25. The third-order valence-electron chi connectivity index (χ3n) is 5.96. The van der Waals surface area contributed by atoms with E-state index < -0.39 is 0 Å². The molecule has 1 aliphatic rings. The molecule has 2 N–H and O–H groups in total. The molecule has 1 aromatic carbocycles. The number of likely N-dealkylation sites (tertiary alicyclic amines) is 1. The molecule has 0 unspecified atom stereocenters. The number of nitrogens with zero attached hydrogens (tertiary/aromatic N) is 2. The second kappa shape index (κ2) is 11.2. The number of thiophene rings is 1. The topological polar surface area (TPSA) is 87.3 Å². The number of halogens is 1. The van der Waals surface area contributed by atoms with Gasteiger partial charge in [0.15, 0.2) is 0 Å². The number of nitrogens with one attached hydrogen (secondary N) is 2. The smallest absolute Gasteiger partial charge is 0.260 e. The first-order valence-corrected chi connectivity index (χ1v) is 12.7. The number of carbonyl (C=O) groups excluding carboxylic acids is 1. The van der Waals surface area contributed by atoms with Crippen LogP contribution < -0.4 is 10.9 Å².